The summed E-state index contributed by atoms with van der Waals surface area (Å²) in [4.78, 5) is 41.6. The second-order valence-electron chi connectivity index (χ2n) is 9.81. The molecular weight excluding hydrogens is 538 g/mol. The number of amides is 3. The van der Waals surface area contributed by atoms with Crippen LogP contribution in [0.15, 0.2) is 83.8 Å². The molecule has 3 amide bonds. The highest BCUT2D eigenvalue weighted by Gasteiger charge is 2.43. The Labute approximate surface area is 233 Å². The Kier molecular flexibility index (Phi) is 8.72. The van der Waals surface area contributed by atoms with Gasteiger partial charge < -0.3 is 10.2 Å². The largest absolute Gasteiger partial charge is 0.354 e. The van der Waals surface area contributed by atoms with Gasteiger partial charge in [-0.05, 0) is 41.3 Å². The molecule has 0 aliphatic carbocycles. The monoisotopic (exact) mass is 567 g/mol. The van der Waals surface area contributed by atoms with Crippen molar-refractivity contribution in [2.75, 3.05) is 13.1 Å². The molecule has 8 nitrogen and oxygen atoms in total. The molecule has 0 unspecified atom stereocenters. The molecule has 0 fully saturated rings. The van der Waals surface area contributed by atoms with Crippen molar-refractivity contribution in [3.8, 4) is 0 Å². The Bertz CT molecular complexity index is 1460. The van der Waals surface area contributed by atoms with Gasteiger partial charge in [-0.2, -0.15) is 0 Å². The molecule has 39 heavy (non-hydrogen) atoms. The van der Waals surface area contributed by atoms with Crippen molar-refractivity contribution in [3.05, 3.63) is 101 Å². The van der Waals surface area contributed by atoms with Crippen molar-refractivity contribution in [1.29, 1.82) is 0 Å². The maximum absolute atomic E-state index is 13.9. The van der Waals surface area contributed by atoms with E-state index in [4.69, 9.17) is 11.6 Å². The Morgan fingerprint density at radius 1 is 0.923 bits per heavy atom. The third kappa shape index (κ3) is 6.49. The number of carbonyl (C=O) groups excluding carboxylic acids is 3. The van der Waals surface area contributed by atoms with Crippen molar-refractivity contribution in [3.63, 3.8) is 0 Å². The zero-order valence-corrected chi connectivity index (χ0v) is 23.3. The van der Waals surface area contributed by atoms with Crippen LogP contribution in [0.1, 0.15) is 35.3 Å². The number of halogens is 1. The number of carbonyl (C=O) groups is 3. The first-order valence-corrected chi connectivity index (χ1v) is 14.4. The van der Waals surface area contributed by atoms with Crippen LogP contribution < -0.4 is 5.32 Å². The van der Waals surface area contributed by atoms with Gasteiger partial charge >= 0.3 is 0 Å². The van der Waals surface area contributed by atoms with E-state index in [1.54, 1.807) is 30.3 Å². The molecule has 1 atom stereocenters. The molecule has 10 heteroatoms. The van der Waals surface area contributed by atoms with E-state index in [9.17, 15) is 22.8 Å². The molecule has 1 heterocycles. The summed E-state index contributed by atoms with van der Waals surface area (Å²) in [6.45, 7) is 3.61. The van der Waals surface area contributed by atoms with E-state index in [2.05, 4.69) is 5.32 Å². The fourth-order valence-corrected chi connectivity index (χ4v) is 6.01. The summed E-state index contributed by atoms with van der Waals surface area (Å²) in [5.41, 5.74) is 1.54. The number of benzene rings is 3. The quantitative estimate of drug-likeness (QED) is 0.400. The Balaban J connectivity index is 1.70. The lowest BCUT2D eigenvalue weighted by molar-refractivity contribution is -0.141. The maximum Gasteiger partial charge on any atom is 0.269 e. The van der Waals surface area contributed by atoms with Crippen molar-refractivity contribution < 1.29 is 22.8 Å². The standard InChI is InChI=1S/C29H30ClN3O5S/c1-20(2)17-31-28(35)25(16-21-8-4-3-5-9-21)32(18-22-12-14-23(30)15-13-22)27(34)19-33-29(36)24-10-6-7-11-26(24)39(33,37)38/h3-15,20,25H,16-19H2,1-2H3,(H,31,35)/t25-/m0/s1. The first kappa shape index (κ1) is 28.3. The van der Waals surface area contributed by atoms with E-state index >= 15 is 0 Å². The number of nitrogens with zero attached hydrogens (tertiary/aromatic N) is 2. The first-order valence-electron chi connectivity index (χ1n) is 12.6. The zero-order valence-electron chi connectivity index (χ0n) is 21.7. The molecule has 3 aromatic rings. The van der Waals surface area contributed by atoms with Crippen LogP contribution in [0.3, 0.4) is 0 Å². The topological polar surface area (TPSA) is 104 Å². The number of fused-ring (bicyclic) bond motifs is 1. The second kappa shape index (κ2) is 12.0. The van der Waals surface area contributed by atoms with E-state index in [1.807, 2.05) is 44.2 Å². The van der Waals surface area contributed by atoms with E-state index in [1.165, 1.54) is 23.1 Å². The van der Waals surface area contributed by atoms with E-state index in [0.29, 0.717) is 21.4 Å². The van der Waals surface area contributed by atoms with Gasteiger partial charge in [0.2, 0.25) is 11.8 Å². The number of hydrogen-bond acceptors (Lipinski definition) is 5. The molecule has 1 aliphatic rings. The van der Waals surface area contributed by atoms with Crippen LogP contribution in [0.5, 0.6) is 0 Å². The molecular formula is C29H30ClN3O5S. The fourth-order valence-electron chi connectivity index (χ4n) is 4.36. The second-order valence-corrected chi connectivity index (χ2v) is 12.1. The number of nitrogens with one attached hydrogen (secondary N) is 1. The van der Waals surface area contributed by atoms with Gasteiger partial charge in [0.15, 0.2) is 0 Å². The minimum Gasteiger partial charge on any atom is -0.354 e. The highest BCUT2D eigenvalue weighted by atomic mass is 35.5. The average molecular weight is 568 g/mol. The Hall–Kier alpha value is -3.69. The van der Waals surface area contributed by atoms with Crippen molar-refractivity contribution in [2.24, 2.45) is 5.92 Å². The molecule has 0 radical (unpaired) electrons. The van der Waals surface area contributed by atoms with Crippen molar-refractivity contribution >= 4 is 39.3 Å². The van der Waals surface area contributed by atoms with Gasteiger partial charge in [-0.25, -0.2) is 12.7 Å². The number of hydrogen-bond donors (Lipinski definition) is 1. The molecule has 1 aliphatic heterocycles. The predicted molar refractivity (Wildman–Crippen MR) is 148 cm³/mol. The van der Waals surface area contributed by atoms with Crippen molar-refractivity contribution in [1.82, 2.24) is 14.5 Å². The zero-order chi connectivity index (χ0) is 28.2. The Morgan fingerprint density at radius 3 is 2.21 bits per heavy atom. The van der Waals surface area contributed by atoms with Crippen LogP contribution in [0.25, 0.3) is 0 Å². The predicted octanol–water partition coefficient (Wildman–Crippen LogP) is 3.90. The van der Waals surface area contributed by atoms with Gasteiger partial charge in [-0.15, -0.1) is 0 Å². The molecule has 0 spiro atoms. The lowest BCUT2D eigenvalue weighted by Gasteiger charge is -2.32. The van der Waals surface area contributed by atoms with E-state index in [-0.39, 0.29) is 35.2 Å². The Morgan fingerprint density at radius 2 is 1.56 bits per heavy atom. The van der Waals surface area contributed by atoms with Crippen LogP contribution in [-0.2, 0) is 32.6 Å². The van der Waals surface area contributed by atoms with Crippen LogP contribution in [0.2, 0.25) is 5.02 Å². The van der Waals surface area contributed by atoms with Gasteiger partial charge in [-0.1, -0.05) is 80.0 Å². The summed E-state index contributed by atoms with van der Waals surface area (Å²) in [7, 11) is -4.21. The SMILES string of the molecule is CC(C)CNC(=O)[C@H](Cc1ccccc1)N(Cc1ccc(Cl)cc1)C(=O)CN1C(=O)c2ccccc2S1(=O)=O. The lowest BCUT2D eigenvalue weighted by Crippen LogP contribution is -2.53. The van der Waals surface area contributed by atoms with Gasteiger partial charge in [0, 0.05) is 24.5 Å². The molecule has 4 rings (SSSR count). The summed E-state index contributed by atoms with van der Waals surface area (Å²) in [6.07, 6.45) is 0.199. The highest BCUT2D eigenvalue weighted by molar-refractivity contribution is 7.90. The van der Waals surface area contributed by atoms with Crippen LogP contribution >= 0.6 is 11.6 Å². The molecule has 0 saturated heterocycles. The van der Waals surface area contributed by atoms with Crippen LogP contribution in [-0.4, -0.2) is 54.5 Å². The third-order valence-corrected chi connectivity index (χ3v) is 8.45. The smallest absolute Gasteiger partial charge is 0.269 e. The molecule has 204 valence electrons. The highest BCUT2D eigenvalue weighted by Crippen LogP contribution is 2.30. The molecule has 0 aromatic heterocycles. The molecule has 0 bridgehead atoms. The van der Waals surface area contributed by atoms with Gasteiger partial charge in [0.05, 0.1) is 5.56 Å². The normalized spacial score (nSPS) is 14.7. The summed E-state index contributed by atoms with van der Waals surface area (Å²) in [5.74, 6) is -1.63. The maximum atomic E-state index is 13.9. The minimum atomic E-state index is -4.21. The molecule has 1 N–H and O–H groups in total. The van der Waals surface area contributed by atoms with Crippen LogP contribution in [0, 0.1) is 5.92 Å². The summed E-state index contributed by atoms with van der Waals surface area (Å²) < 4.78 is 26.9. The average Bonchev–Trinajstić information content (AvgIpc) is 3.11. The van der Waals surface area contributed by atoms with E-state index in [0.717, 1.165) is 5.56 Å². The summed E-state index contributed by atoms with van der Waals surface area (Å²) in [5, 5.41) is 3.43. The lowest BCUT2D eigenvalue weighted by atomic mass is 10.0. The number of rotatable bonds is 10. The number of sulfonamides is 1. The van der Waals surface area contributed by atoms with Gasteiger partial charge in [-0.3, -0.25) is 14.4 Å². The van der Waals surface area contributed by atoms with Crippen LogP contribution in [0.4, 0.5) is 0 Å². The van der Waals surface area contributed by atoms with Crippen molar-refractivity contribution in [2.45, 2.75) is 37.8 Å². The molecule has 3 aromatic carbocycles. The van der Waals surface area contributed by atoms with Gasteiger partial charge in [0.1, 0.15) is 17.5 Å². The molecule has 0 saturated carbocycles. The summed E-state index contributed by atoms with van der Waals surface area (Å²) in [6, 6.07) is 21.0. The first-order chi connectivity index (χ1) is 18.6. The van der Waals surface area contributed by atoms with E-state index < -0.39 is 34.4 Å². The fraction of sp³-hybridized carbons (Fsp3) is 0.276. The third-order valence-electron chi connectivity index (χ3n) is 6.41. The van der Waals surface area contributed by atoms with Gasteiger partial charge in [0.25, 0.3) is 15.9 Å². The summed E-state index contributed by atoms with van der Waals surface area (Å²) >= 11 is 6.05. The minimum absolute atomic E-state index is 0.0115.